The van der Waals surface area contributed by atoms with Crippen molar-refractivity contribution < 1.29 is 4.79 Å². The van der Waals surface area contributed by atoms with Crippen LogP contribution in [0.1, 0.15) is 29.8 Å². The summed E-state index contributed by atoms with van der Waals surface area (Å²) in [6.07, 6.45) is 2.15. The molecule has 1 amide bonds. The van der Waals surface area contributed by atoms with Crippen LogP contribution in [-0.2, 0) is 4.79 Å². The van der Waals surface area contributed by atoms with Crippen molar-refractivity contribution in [1.29, 1.82) is 5.26 Å². The van der Waals surface area contributed by atoms with Crippen molar-refractivity contribution in [3.05, 3.63) is 23.0 Å². The molecular weight excluding hydrogens is 240 g/mol. The Bertz CT molecular complexity index is 543. The summed E-state index contributed by atoms with van der Waals surface area (Å²) in [7, 11) is 1.82. The fourth-order valence-corrected chi connectivity index (χ4v) is 2.05. The first-order valence-electron chi connectivity index (χ1n) is 6.40. The molecule has 0 aromatic carbocycles. The summed E-state index contributed by atoms with van der Waals surface area (Å²) in [5, 5.41) is 12.2. The summed E-state index contributed by atoms with van der Waals surface area (Å²) in [4.78, 5) is 17.9. The Morgan fingerprint density at radius 2 is 2.26 bits per heavy atom. The number of pyridine rings is 1. The SMILES string of the molecule is Cc1cc(N(C)CC(=O)NC2CC2)c(C#N)c(C)n1. The maximum atomic E-state index is 11.8. The van der Waals surface area contributed by atoms with E-state index in [1.54, 1.807) is 4.90 Å². The molecule has 1 N–H and O–H groups in total. The second-order valence-corrected chi connectivity index (χ2v) is 5.05. The van der Waals surface area contributed by atoms with Crippen LogP contribution in [0.25, 0.3) is 0 Å². The summed E-state index contributed by atoms with van der Waals surface area (Å²) < 4.78 is 0. The standard InChI is InChI=1S/C14H18N4O/c1-9-6-13(12(7-15)10(2)16-9)18(3)8-14(19)17-11-4-5-11/h6,11H,4-5,8H2,1-3H3,(H,17,19). The van der Waals surface area contributed by atoms with Gasteiger partial charge in [0, 0.05) is 18.8 Å². The van der Waals surface area contributed by atoms with Crippen molar-refractivity contribution in [3.63, 3.8) is 0 Å². The number of nitriles is 1. The fourth-order valence-electron chi connectivity index (χ4n) is 2.05. The van der Waals surface area contributed by atoms with Crippen molar-refractivity contribution in [2.45, 2.75) is 32.7 Å². The Morgan fingerprint density at radius 3 is 2.84 bits per heavy atom. The second-order valence-electron chi connectivity index (χ2n) is 5.05. The van der Waals surface area contributed by atoms with Gasteiger partial charge in [0.15, 0.2) is 0 Å². The lowest BCUT2D eigenvalue weighted by Crippen LogP contribution is -2.36. The smallest absolute Gasteiger partial charge is 0.239 e. The summed E-state index contributed by atoms with van der Waals surface area (Å²) in [5.74, 6) is 0.000933. The van der Waals surface area contributed by atoms with E-state index in [-0.39, 0.29) is 12.5 Å². The van der Waals surface area contributed by atoms with Crippen LogP contribution in [-0.4, -0.2) is 30.5 Å². The molecular formula is C14H18N4O. The zero-order valence-electron chi connectivity index (χ0n) is 11.5. The molecule has 0 saturated heterocycles. The van der Waals surface area contributed by atoms with E-state index in [4.69, 9.17) is 0 Å². The number of amides is 1. The zero-order valence-corrected chi connectivity index (χ0v) is 11.5. The fraction of sp³-hybridized carbons (Fsp3) is 0.500. The molecule has 19 heavy (non-hydrogen) atoms. The van der Waals surface area contributed by atoms with E-state index in [1.165, 1.54) is 0 Å². The zero-order chi connectivity index (χ0) is 14.0. The molecule has 1 fully saturated rings. The van der Waals surface area contributed by atoms with Crippen molar-refractivity contribution in [2.75, 3.05) is 18.5 Å². The number of anilines is 1. The number of carbonyl (C=O) groups is 1. The molecule has 100 valence electrons. The molecule has 0 spiro atoms. The number of nitrogens with zero attached hydrogens (tertiary/aromatic N) is 3. The number of carbonyl (C=O) groups excluding carboxylic acids is 1. The Kier molecular flexibility index (Phi) is 3.70. The number of nitrogens with one attached hydrogen (secondary N) is 1. The van der Waals surface area contributed by atoms with Gasteiger partial charge in [-0.15, -0.1) is 0 Å². The van der Waals surface area contributed by atoms with Crippen molar-refractivity contribution in [3.8, 4) is 6.07 Å². The normalized spacial score (nSPS) is 13.8. The van der Waals surface area contributed by atoms with E-state index < -0.39 is 0 Å². The summed E-state index contributed by atoms with van der Waals surface area (Å²) in [5.41, 5.74) is 2.85. The van der Waals surface area contributed by atoms with Gasteiger partial charge in [-0.1, -0.05) is 0 Å². The molecule has 1 saturated carbocycles. The van der Waals surface area contributed by atoms with E-state index in [0.717, 1.165) is 24.2 Å². The average molecular weight is 258 g/mol. The van der Waals surface area contributed by atoms with Crippen LogP contribution < -0.4 is 10.2 Å². The van der Waals surface area contributed by atoms with Crippen molar-refractivity contribution in [1.82, 2.24) is 10.3 Å². The molecule has 1 aliphatic rings. The first kappa shape index (κ1) is 13.3. The highest BCUT2D eigenvalue weighted by atomic mass is 16.2. The van der Waals surface area contributed by atoms with Gasteiger partial charge in [-0.05, 0) is 32.8 Å². The predicted octanol–water partition coefficient (Wildman–Crippen LogP) is 1.28. The van der Waals surface area contributed by atoms with Gasteiger partial charge in [-0.25, -0.2) is 0 Å². The minimum Gasteiger partial charge on any atom is -0.364 e. The van der Waals surface area contributed by atoms with E-state index in [9.17, 15) is 10.1 Å². The van der Waals surface area contributed by atoms with Crippen LogP contribution in [0, 0.1) is 25.2 Å². The lowest BCUT2D eigenvalue weighted by Gasteiger charge is -2.21. The van der Waals surface area contributed by atoms with Gasteiger partial charge in [0.05, 0.1) is 23.5 Å². The van der Waals surface area contributed by atoms with E-state index in [0.29, 0.717) is 17.3 Å². The average Bonchev–Trinajstić information content (AvgIpc) is 3.11. The number of aromatic nitrogens is 1. The molecule has 0 bridgehead atoms. The minimum absolute atomic E-state index is 0.000933. The lowest BCUT2D eigenvalue weighted by atomic mass is 10.1. The summed E-state index contributed by atoms with van der Waals surface area (Å²) >= 11 is 0. The molecule has 2 rings (SSSR count). The molecule has 1 aromatic heterocycles. The van der Waals surface area contributed by atoms with Gasteiger partial charge in [-0.2, -0.15) is 5.26 Å². The first-order valence-corrected chi connectivity index (χ1v) is 6.40. The molecule has 5 heteroatoms. The van der Waals surface area contributed by atoms with Gasteiger partial charge in [0.1, 0.15) is 6.07 Å². The monoisotopic (exact) mass is 258 g/mol. The lowest BCUT2D eigenvalue weighted by molar-refractivity contribution is -0.119. The molecule has 0 aliphatic heterocycles. The van der Waals surface area contributed by atoms with Crippen LogP contribution in [0.15, 0.2) is 6.07 Å². The number of aryl methyl sites for hydroxylation is 2. The molecule has 1 aliphatic carbocycles. The van der Waals surface area contributed by atoms with Crippen LogP contribution in [0.2, 0.25) is 0 Å². The third kappa shape index (κ3) is 3.22. The number of rotatable bonds is 4. The molecule has 0 unspecified atom stereocenters. The Labute approximate surface area is 113 Å². The summed E-state index contributed by atoms with van der Waals surface area (Å²) in [6, 6.07) is 4.36. The summed E-state index contributed by atoms with van der Waals surface area (Å²) in [6.45, 7) is 3.96. The Morgan fingerprint density at radius 1 is 1.58 bits per heavy atom. The number of likely N-dealkylation sites (N-methyl/N-ethyl adjacent to an activating group) is 1. The predicted molar refractivity (Wildman–Crippen MR) is 72.9 cm³/mol. The highest BCUT2D eigenvalue weighted by Gasteiger charge is 2.24. The molecule has 5 nitrogen and oxygen atoms in total. The van der Waals surface area contributed by atoms with Crippen LogP contribution in [0.5, 0.6) is 0 Å². The van der Waals surface area contributed by atoms with Gasteiger partial charge < -0.3 is 10.2 Å². The number of hydrogen-bond donors (Lipinski definition) is 1. The molecule has 1 heterocycles. The van der Waals surface area contributed by atoms with Gasteiger partial charge >= 0.3 is 0 Å². The number of hydrogen-bond acceptors (Lipinski definition) is 4. The van der Waals surface area contributed by atoms with E-state index >= 15 is 0 Å². The Balaban J connectivity index is 2.15. The van der Waals surface area contributed by atoms with Crippen LogP contribution in [0.4, 0.5) is 5.69 Å². The van der Waals surface area contributed by atoms with Gasteiger partial charge in [0.2, 0.25) is 5.91 Å². The molecule has 1 aromatic rings. The van der Waals surface area contributed by atoms with Gasteiger partial charge in [0.25, 0.3) is 0 Å². The maximum absolute atomic E-state index is 11.8. The van der Waals surface area contributed by atoms with Crippen LogP contribution in [0.3, 0.4) is 0 Å². The highest BCUT2D eigenvalue weighted by Crippen LogP contribution is 2.22. The highest BCUT2D eigenvalue weighted by molar-refractivity contribution is 5.82. The van der Waals surface area contributed by atoms with Crippen molar-refractivity contribution >= 4 is 11.6 Å². The third-order valence-electron chi connectivity index (χ3n) is 3.15. The van der Waals surface area contributed by atoms with Crippen molar-refractivity contribution in [2.24, 2.45) is 0 Å². The van der Waals surface area contributed by atoms with E-state index in [2.05, 4.69) is 16.4 Å². The van der Waals surface area contributed by atoms with E-state index in [1.807, 2.05) is 27.0 Å². The van der Waals surface area contributed by atoms with Crippen LogP contribution >= 0.6 is 0 Å². The quantitative estimate of drug-likeness (QED) is 0.883. The Hall–Kier alpha value is -2.09. The van der Waals surface area contributed by atoms with Gasteiger partial charge in [-0.3, -0.25) is 9.78 Å². The topological polar surface area (TPSA) is 69.0 Å². The second kappa shape index (κ2) is 5.27. The largest absolute Gasteiger partial charge is 0.364 e. The first-order chi connectivity index (χ1) is 9.01. The molecule has 0 atom stereocenters. The maximum Gasteiger partial charge on any atom is 0.239 e. The molecule has 0 radical (unpaired) electrons. The third-order valence-corrected chi connectivity index (χ3v) is 3.15. The minimum atomic E-state index is 0.000933.